The van der Waals surface area contributed by atoms with E-state index < -0.39 is 5.60 Å². The summed E-state index contributed by atoms with van der Waals surface area (Å²) in [6, 6.07) is 6.80. The lowest BCUT2D eigenvalue weighted by Crippen LogP contribution is -2.45. The monoisotopic (exact) mass is 314 g/mol. The van der Waals surface area contributed by atoms with Crippen LogP contribution in [0.1, 0.15) is 30.0 Å². The number of aryl methyl sites for hydroxylation is 2. The van der Waals surface area contributed by atoms with E-state index in [0.717, 1.165) is 5.69 Å². The lowest BCUT2D eigenvalue weighted by atomic mass is 10.1. The van der Waals surface area contributed by atoms with E-state index in [0.29, 0.717) is 22.8 Å². The first kappa shape index (κ1) is 15.1. The number of nitrogens with one attached hydrogen (secondary N) is 2. The number of rotatable bonds is 2. The fourth-order valence-corrected chi connectivity index (χ4v) is 2.25. The number of carbonyl (C=O) groups is 2. The molecule has 1 aliphatic rings. The van der Waals surface area contributed by atoms with Crippen molar-refractivity contribution >= 4 is 23.2 Å². The zero-order chi connectivity index (χ0) is 16.8. The van der Waals surface area contributed by atoms with Crippen LogP contribution in [0.3, 0.4) is 0 Å². The second-order valence-corrected chi connectivity index (χ2v) is 6.03. The standard InChI is InChI=1S/C16H18N4O3/c1-9-7-12(19-20(9)4)14(21)17-10-5-6-11-13(8-10)23-16(2,3)15(22)18-11/h5-8H,1-4H3,(H,17,21)(H,18,22). The first-order chi connectivity index (χ1) is 10.8. The quantitative estimate of drug-likeness (QED) is 0.889. The van der Waals surface area contributed by atoms with Crippen LogP contribution >= 0.6 is 0 Å². The smallest absolute Gasteiger partial charge is 0.276 e. The molecule has 0 saturated carbocycles. The van der Waals surface area contributed by atoms with Crippen LogP contribution in [0, 0.1) is 6.92 Å². The fourth-order valence-electron chi connectivity index (χ4n) is 2.25. The predicted molar refractivity (Wildman–Crippen MR) is 85.7 cm³/mol. The van der Waals surface area contributed by atoms with Crippen LogP contribution in [0.4, 0.5) is 11.4 Å². The van der Waals surface area contributed by atoms with Crippen molar-refractivity contribution in [3.05, 3.63) is 35.7 Å². The SMILES string of the molecule is Cc1cc(C(=O)Nc2ccc3c(c2)OC(C)(C)C(=O)N3)nn1C. The maximum Gasteiger partial charge on any atom is 0.276 e. The number of ether oxygens (including phenoxy) is 1. The largest absolute Gasteiger partial charge is 0.476 e. The molecular weight excluding hydrogens is 296 g/mol. The van der Waals surface area contributed by atoms with Crippen LogP contribution in [-0.4, -0.2) is 27.2 Å². The summed E-state index contributed by atoms with van der Waals surface area (Å²) >= 11 is 0. The maximum absolute atomic E-state index is 12.2. The molecule has 7 heteroatoms. The van der Waals surface area contributed by atoms with E-state index in [4.69, 9.17) is 4.74 Å². The first-order valence-corrected chi connectivity index (χ1v) is 7.23. The van der Waals surface area contributed by atoms with Crippen LogP contribution in [0.15, 0.2) is 24.3 Å². The van der Waals surface area contributed by atoms with Gasteiger partial charge in [0.1, 0.15) is 5.75 Å². The van der Waals surface area contributed by atoms with Crippen LogP contribution in [-0.2, 0) is 11.8 Å². The van der Waals surface area contributed by atoms with Crippen molar-refractivity contribution < 1.29 is 14.3 Å². The van der Waals surface area contributed by atoms with E-state index in [1.807, 2.05) is 6.92 Å². The highest BCUT2D eigenvalue weighted by Crippen LogP contribution is 2.35. The predicted octanol–water partition coefficient (Wildman–Crippen LogP) is 2.09. The number of aromatic nitrogens is 2. The second kappa shape index (κ2) is 5.12. The van der Waals surface area contributed by atoms with Gasteiger partial charge in [0, 0.05) is 24.5 Å². The number of anilines is 2. The third kappa shape index (κ3) is 2.77. The van der Waals surface area contributed by atoms with Crippen LogP contribution in [0.2, 0.25) is 0 Å². The molecule has 2 amide bonds. The molecule has 1 aromatic heterocycles. The van der Waals surface area contributed by atoms with E-state index in [9.17, 15) is 9.59 Å². The molecule has 0 radical (unpaired) electrons. The van der Waals surface area contributed by atoms with Crippen molar-refractivity contribution in [2.75, 3.05) is 10.6 Å². The van der Waals surface area contributed by atoms with Crippen molar-refractivity contribution in [1.29, 1.82) is 0 Å². The minimum atomic E-state index is -0.951. The van der Waals surface area contributed by atoms with Gasteiger partial charge in [-0.25, -0.2) is 0 Å². The van der Waals surface area contributed by atoms with Gasteiger partial charge >= 0.3 is 0 Å². The van der Waals surface area contributed by atoms with Crippen molar-refractivity contribution in [2.45, 2.75) is 26.4 Å². The molecule has 23 heavy (non-hydrogen) atoms. The van der Waals surface area contributed by atoms with E-state index in [1.165, 1.54) is 0 Å². The van der Waals surface area contributed by atoms with Gasteiger partial charge < -0.3 is 15.4 Å². The zero-order valence-corrected chi connectivity index (χ0v) is 13.4. The number of carbonyl (C=O) groups excluding carboxylic acids is 2. The molecule has 0 saturated heterocycles. The molecule has 0 fully saturated rings. The minimum absolute atomic E-state index is 0.203. The average molecular weight is 314 g/mol. The summed E-state index contributed by atoms with van der Waals surface area (Å²) in [7, 11) is 1.78. The maximum atomic E-state index is 12.2. The van der Waals surface area contributed by atoms with E-state index >= 15 is 0 Å². The first-order valence-electron chi connectivity index (χ1n) is 7.23. The molecule has 0 spiro atoms. The molecule has 0 bridgehead atoms. The molecule has 0 aliphatic carbocycles. The van der Waals surface area contributed by atoms with E-state index in [-0.39, 0.29) is 11.8 Å². The third-order valence-electron chi connectivity index (χ3n) is 3.75. The Bertz CT molecular complexity index is 788. The second-order valence-electron chi connectivity index (χ2n) is 6.03. The van der Waals surface area contributed by atoms with Crippen molar-refractivity contribution in [3.8, 4) is 5.75 Å². The van der Waals surface area contributed by atoms with Crippen molar-refractivity contribution in [3.63, 3.8) is 0 Å². The number of nitrogens with zero attached hydrogens (tertiary/aromatic N) is 2. The highest BCUT2D eigenvalue weighted by Gasteiger charge is 2.35. The van der Waals surface area contributed by atoms with Crippen molar-refractivity contribution in [2.24, 2.45) is 7.05 Å². The molecular formula is C16H18N4O3. The van der Waals surface area contributed by atoms with Crippen LogP contribution in [0.25, 0.3) is 0 Å². The number of amides is 2. The molecule has 7 nitrogen and oxygen atoms in total. The summed E-state index contributed by atoms with van der Waals surface area (Å²) in [5, 5.41) is 9.70. The third-order valence-corrected chi connectivity index (χ3v) is 3.75. The average Bonchev–Trinajstić information content (AvgIpc) is 2.80. The van der Waals surface area contributed by atoms with Gasteiger partial charge in [-0.2, -0.15) is 5.10 Å². The van der Waals surface area contributed by atoms with Crippen molar-refractivity contribution in [1.82, 2.24) is 9.78 Å². The number of hydrogen-bond donors (Lipinski definition) is 2. The summed E-state index contributed by atoms with van der Waals surface area (Å²) in [5.41, 5.74) is 1.45. The van der Waals surface area contributed by atoms with Gasteiger partial charge in [0.2, 0.25) is 0 Å². The van der Waals surface area contributed by atoms with E-state index in [1.54, 1.807) is 49.8 Å². The Morgan fingerprint density at radius 1 is 1.35 bits per heavy atom. The number of fused-ring (bicyclic) bond motifs is 1. The van der Waals surface area contributed by atoms with Crippen LogP contribution in [0.5, 0.6) is 5.75 Å². The van der Waals surface area contributed by atoms with Gasteiger partial charge in [0.15, 0.2) is 11.3 Å². The Labute approximate surface area is 133 Å². The summed E-state index contributed by atoms with van der Waals surface area (Å²) < 4.78 is 7.34. The molecule has 2 aromatic rings. The lowest BCUT2D eigenvalue weighted by molar-refractivity contribution is -0.129. The van der Waals surface area contributed by atoms with E-state index in [2.05, 4.69) is 15.7 Å². The Hall–Kier alpha value is -2.83. The van der Waals surface area contributed by atoms with Gasteiger partial charge in [-0.1, -0.05) is 0 Å². The van der Waals surface area contributed by atoms with Crippen LogP contribution < -0.4 is 15.4 Å². The van der Waals surface area contributed by atoms with Gasteiger partial charge in [-0.15, -0.1) is 0 Å². The van der Waals surface area contributed by atoms with Gasteiger partial charge in [-0.05, 0) is 39.0 Å². The Morgan fingerprint density at radius 2 is 2.09 bits per heavy atom. The summed E-state index contributed by atoms with van der Waals surface area (Å²) in [5.74, 6) is 0.0168. The lowest BCUT2D eigenvalue weighted by Gasteiger charge is -2.31. The molecule has 0 atom stereocenters. The highest BCUT2D eigenvalue weighted by atomic mass is 16.5. The zero-order valence-electron chi connectivity index (χ0n) is 13.4. The summed E-state index contributed by atoms with van der Waals surface area (Å²) in [6.45, 7) is 5.25. The highest BCUT2D eigenvalue weighted by molar-refractivity contribution is 6.04. The Balaban J connectivity index is 1.82. The molecule has 1 aliphatic heterocycles. The Kier molecular flexibility index (Phi) is 3.35. The molecule has 0 unspecified atom stereocenters. The molecule has 3 rings (SSSR count). The summed E-state index contributed by atoms with van der Waals surface area (Å²) in [6.07, 6.45) is 0. The molecule has 2 N–H and O–H groups in total. The topological polar surface area (TPSA) is 85.2 Å². The Morgan fingerprint density at radius 3 is 2.74 bits per heavy atom. The minimum Gasteiger partial charge on any atom is -0.476 e. The number of benzene rings is 1. The van der Waals surface area contributed by atoms with Gasteiger partial charge in [0.05, 0.1) is 5.69 Å². The molecule has 120 valence electrons. The van der Waals surface area contributed by atoms with Gasteiger partial charge in [0.25, 0.3) is 11.8 Å². The molecule has 1 aromatic carbocycles. The fraction of sp³-hybridized carbons (Fsp3) is 0.312. The van der Waals surface area contributed by atoms with Gasteiger partial charge in [-0.3, -0.25) is 14.3 Å². The summed E-state index contributed by atoms with van der Waals surface area (Å²) in [4.78, 5) is 24.1. The normalized spacial score (nSPS) is 15.4. The number of hydrogen-bond acceptors (Lipinski definition) is 4. The molecule has 2 heterocycles.